The molecule has 0 atom stereocenters. The van der Waals surface area contributed by atoms with Gasteiger partial charge in [-0.3, -0.25) is 0 Å². The van der Waals surface area contributed by atoms with Crippen molar-refractivity contribution in [1.82, 2.24) is 4.90 Å². The molecule has 1 aliphatic heterocycles. The van der Waals surface area contributed by atoms with Gasteiger partial charge in [0.05, 0.1) is 0 Å². The molecule has 1 aliphatic rings. The van der Waals surface area contributed by atoms with Crippen molar-refractivity contribution in [3.8, 4) is 11.8 Å². The summed E-state index contributed by atoms with van der Waals surface area (Å²) < 4.78 is 0. The topological polar surface area (TPSA) is 3.24 Å². The summed E-state index contributed by atoms with van der Waals surface area (Å²) in [5.41, 5.74) is 3.63. The summed E-state index contributed by atoms with van der Waals surface area (Å²) in [5.74, 6) is 7.17. The first kappa shape index (κ1) is 17.3. The lowest BCUT2D eigenvalue weighted by Crippen LogP contribution is -2.29. The van der Waals surface area contributed by atoms with Crippen LogP contribution in [0.3, 0.4) is 0 Å². The first-order valence-electron chi connectivity index (χ1n) is 8.67. The van der Waals surface area contributed by atoms with E-state index in [1.165, 1.54) is 31.5 Å². The molecule has 0 unspecified atom stereocenters. The van der Waals surface area contributed by atoms with Crippen LogP contribution in [0.4, 0.5) is 0 Å². The molecule has 0 saturated carbocycles. The summed E-state index contributed by atoms with van der Waals surface area (Å²) in [4.78, 5) is 2.41. The fourth-order valence-electron chi connectivity index (χ4n) is 2.85. The van der Waals surface area contributed by atoms with E-state index in [9.17, 15) is 0 Å². The minimum atomic E-state index is 0.720. The Morgan fingerprint density at radius 3 is 1.87 bits per heavy atom. The number of hydrogen-bond acceptors (Lipinski definition) is 1. The minimum absolute atomic E-state index is 0.720. The van der Waals surface area contributed by atoms with Crippen LogP contribution in [-0.4, -0.2) is 25.0 Å². The molecule has 1 fully saturated rings. The molecule has 0 aliphatic carbocycles. The fraction of sp³-hybridized carbons (Fsp3) is 0.364. The van der Waals surface area contributed by atoms with Gasteiger partial charge in [0.2, 0.25) is 0 Å². The smallest absolute Gasteiger partial charge is 0.0249 e. The molecule has 0 bridgehead atoms. The van der Waals surface area contributed by atoms with Gasteiger partial charge in [0.1, 0.15) is 0 Å². The highest BCUT2D eigenvalue weighted by molar-refractivity contribution is 5.43. The van der Waals surface area contributed by atoms with Gasteiger partial charge >= 0.3 is 0 Å². The van der Waals surface area contributed by atoms with Crippen molar-refractivity contribution >= 4 is 0 Å². The van der Waals surface area contributed by atoms with Gasteiger partial charge in [-0.15, -0.1) is 0 Å². The van der Waals surface area contributed by atoms with Gasteiger partial charge in [-0.05, 0) is 68.7 Å². The van der Waals surface area contributed by atoms with Crippen LogP contribution in [0.15, 0.2) is 54.6 Å². The quantitative estimate of drug-likeness (QED) is 0.676. The Morgan fingerprint density at radius 2 is 1.30 bits per heavy atom. The first-order chi connectivity index (χ1) is 11.3. The lowest BCUT2D eigenvalue weighted by Gasteiger charge is -2.29. The van der Waals surface area contributed by atoms with E-state index in [-0.39, 0.29) is 0 Å². The maximum absolute atomic E-state index is 3.24. The van der Waals surface area contributed by atoms with Gasteiger partial charge in [0.25, 0.3) is 0 Å². The maximum atomic E-state index is 3.24. The summed E-state index contributed by atoms with van der Waals surface area (Å²) in [6.07, 6.45) is 2.54. The zero-order chi connectivity index (χ0) is 16.5. The molecule has 1 heterocycles. The van der Waals surface area contributed by atoms with E-state index in [1.54, 1.807) is 0 Å². The Labute approximate surface area is 141 Å². The van der Waals surface area contributed by atoms with Crippen molar-refractivity contribution in [1.29, 1.82) is 0 Å². The van der Waals surface area contributed by atoms with Crippen molar-refractivity contribution in [2.45, 2.75) is 32.6 Å². The van der Waals surface area contributed by atoms with Crippen LogP contribution in [0, 0.1) is 11.8 Å². The van der Waals surface area contributed by atoms with Gasteiger partial charge in [0.15, 0.2) is 0 Å². The van der Waals surface area contributed by atoms with E-state index in [1.807, 2.05) is 44.2 Å². The van der Waals surface area contributed by atoms with Crippen molar-refractivity contribution in [2.24, 2.45) is 0 Å². The lowest BCUT2D eigenvalue weighted by molar-refractivity contribution is 0.255. The van der Waals surface area contributed by atoms with E-state index in [0.717, 1.165) is 17.0 Å². The highest BCUT2D eigenvalue weighted by Gasteiger charge is 2.17. The number of piperidine rings is 1. The molecule has 0 radical (unpaired) electrons. The SMILES string of the molecule is CC.CN1CCC(c2ccc(C#Cc3ccccc3)cc2)CC1. The Kier molecular flexibility index (Phi) is 6.91. The molecular weight excluding hydrogens is 278 g/mol. The molecule has 0 spiro atoms. The zero-order valence-electron chi connectivity index (χ0n) is 14.5. The van der Waals surface area contributed by atoms with Gasteiger partial charge in [-0.2, -0.15) is 0 Å². The average Bonchev–Trinajstić information content (AvgIpc) is 2.64. The van der Waals surface area contributed by atoms with Crippen LogP contribution in [0.5, 0.6) is 0 Å². The van der Waals surface area contributed by atoms with Crippen LogP contribution in [-0.2, 0) is 0 Å². The van der Waals surface area contributed by atoms with Crippen LogP contribution in [0.25, 0.3) is 0 Å². The lowest BCUT2D eigenvalue weighted by atomic mass is 9.89. The molecular formula is C22H27N. The Balaban J connectivity index is 0.000000924. The highest BCUT2D eigenvalue weighted by Crippen LogP contribution is 2.27. The van der Waals surface area contributed by atoms with E-state index in [0.29, 0.717) is 0 Å². The van der Waals surface area contributed by atoms with Crippen molar-refractivity contribution in [3.63, 3.8) is 0 Å². The molecule has 0 amide bonds. The second kappa shape index (κ2) is 9.18. The number of hydrogen-bond donors (Lipinski definition) is 0. The predicted molar refractivity (Wildman–Crippen MR) is 99.7 cm³/mol. The fourth-order valence-corrected chi connectivity index (χ4v) is 2.85. The van der Waals surface area contributed by atoms with Gasteiger partial charge < -0.3 is 4.90 Å². The zero-order valence-corrected chi connectivity index (χ0v) is 14.5. The second-order valence-corrected chi connectivity index (χ2v) is 5.82. The number of nitrogens with zero attached hydrogens (tertiary/aromatic N) is 1. The van der Waals surface area contributed by atoms with E-state index in [2.05, 4.69) is 48.1 Å². The number of rotatable bonds is 1. The summed E-state index contributed by atoms with van der Waals surface area (Å²) in [5, 5.41) is 0. The molecule has 2 aromatic rings. The molecule has 1 saturated heterocycles. The van der Waals surface area contributed by atoms with Crippen molar-refractivity contribution < 1.29 is 0 Å². The van der Waals surface area contributed by atoms with Gasteiger partial charge in [0, 0.05) is 11.1 Å². The third kappa shape index (κ3) is 5.27. The summed E-state index contributed by atoms with van der Waals surface area (Å²) in [7, 11) is 2.21. The Morgan fingerprint density at radius 1 is 0.783 bits per heavy atom. The molecule has 1 heteroatoms. The second-order valence-electron chi connectivity index (χ2n) is 5.82. The molecule has 23 heavy (non-hydrogen) atoms. The minimum Gasteiger partial charge on any atom is -0.306 e. The van der Waals surface area contributed by atoms with Crippen LogP contribution < -0.4 is 0 Å². The summed E-state index contributed by atoms with van der Waals surface area (Å²) in [6.45, 7) is 6.42. The van der Waals surface area contributed by atoms with Crippen LogP contribution >= 0.6 is 0 Å². The molecule has 2 aromatic carbocycles. The third-order valence-corrected chi connectivity index (χ3v) is 4.23. The molecule has 0 aromatic heterocycles. The molecule has 3 rings (SSSR count). The largest absolute Gasteiger partial charge is 0.306 e. The summed E-state index contributed by atoms with van der Waals surface area (Å²) in [6, 6.07) is 19.0. The maximum Gasteiger partial charge on any atom is 0.0249 e. The first-order valence-corrected chi connectivity index (χ1v) is 8.67. The molecule has 120 valence electrons. The van der Waals surface area contributed by atoms with Gasteiger partial charge in [-0.25, -0.2) is 0 Å². The standard InChI is InChI=1S/C20H21N.C2H6/c1-21-15-13-20(14-16-21)19-11-9-18(10-12-19)8-7-17-5-3-2-4-6-17;1-2/h2-6,9-12,20H,13-16H2,1H3;1-2H3. The highest BCUT2D eigenvalue weighted by atomic mass is 15.1. The Bertz CT molecular complexity index is 623. The van der Waals surface area contributed by atoms with E-state index in [4.69, 9.17) is 0 Å². The van der Waals surface area contributed by atoms with E-state index < -0.39 is 0 Å². The van der Waals surface area contributed by atoms with Crippen LogP contribution in [0.1, 0.15) is 49.3 Å². The third-order valence-electron chi connectivity index (χ3n) is 4.23. The normalized spacial score (nSPS) is 15.1. The van der Waals surface area contributed by atoms with Crippen molar-refractivity contribution in [2.75, 3.05) is 20.1 Å². The van der Waals surface area contributed by atoms with E-state index >= 15 is 0 Å². The number of benzene rings is 2. The van der Waals surface area contributed by atoms with Crippen molar-refractivity contribution in [3.05, 3.63) is 71.3 Å². The predicted octanol–water partition coefficient (Wildman–Crippen LogP) is 4.92. The molecule has 1 nitrogen and oxygen atoms in total. The number of likely N-dealkylation sites (tertiary alicyclic amines) is 1. The van der Waals surface area contributed by atoms with Gasteiger partial charge in [-0.1, -0.05) is 56.0 Å². The monoisotopic (exact) mass is 305 g/mol. The average molecular weight is 305 g/mol. The summed E-state index contributed by atoms with van der Waals surface area (Å²) >= 11 is 0. The molecule has 0 N–H and O–H groups in total. The Hall–Kier alpha value is -2.04. The van der Waals surface area contributed by atoms with Crippen LogP contribution in [0.2, 0.25) is 0 Å².